The van der Waals surface area contributed by atoms with Gasteiger partial charge in [0.25, 0.3) is 5.91 Å². The SMILES string of the molecule is Cc1cc(C)cc(C(=O)N[C@H](CCO)C(=O)O)c1. The smallest absolute Gasteiger partial charge is 0.326 e. The fourth-order valence-electron chi connectivity index (χ4n) is 1.73. The second-order valence-electron chi connectivity index (χ2n) is 4.25. The standard InChI is InChI=1S/C13H17NO4/c1-8-5-9(2)7-10(6-8)12(16)14-11(3-4-15)13(17)18/h5-7,11,15H,3-4H2,1-2H3,(H,14,16)(H,17,18)/t11-/m1/s1. The first-order chi connectivity index (χ1) is 8.43. The van der Waals surface area contributed by atoms with Crippen LogP contribution in [0.25, 0.3) is 0 Å². The Morgan fingerprint density at radius 3 is 2.22 bits per heavy atom. The van der Waals surface area contributed by atoms with Crippen LogP contribution < -0.4 is 5.32 Å². The minimum Gasteiger partial charge on any atom is -0.480 e. The van der Waals surface area contributed by atoms with Gasteiger partial charge in [0, 0.05) is 18.6 Å². The molecular weight excluding hydrogens is 234 g/mol. The van der Waals surface area contributed by atoms with E-state index in [0.29, 0.717) is 5.56 Å². The lowest BCUT2D eigenvalue weighted by atomic mass is 10.1. The van der Waals surface area contributed by atoms with Crippen LogP contribution in [0.2, 0.25) is 0 Å². The summed E-state index contributed by atoms with van der Waals surface area (Å²) in [6, 6.07) is 4.25. The van der Waals surface area contributed by atoms with Gasteiger partial charge in [-0.3, -0.25) is 4.79 Å². The van der Waals surface area contributed by atoms with Crippen LogP contribution in [0.15, 0.2) is 18.2 Å². The molecule has 0 unspecified atom stereocenters. The van der Waals surface area contributed by atoms with Crippen molar-refractivity contribution in [1.29, 1.82) is 0 Å². The maximum atomic E-state index is 11.9. The maximum Gasteiger partial charge on any atom is 0.326 e. The number of rotatable bonds is 5. The summed E-state index contributed by atoms with van der Waals surface area (Å²) in [5, 5.41) is 20.0. The molecular formula is C13H17NO4. The zero-order valence-corrected chi connectivity index (χ0v) is 10.4. The van der Waals surface area contributed by atoms with Gasteiger partial charge in [0.15, 0.2) is 0 Å². The van der Waals surface area contributed by atoms with E-state index in [9.17, 15) is 9.59 Å². The molecule has 0 aliphatic carbocycles. The molecule has 1 atom stereocenters. The number of nitrogens with one attached hydrogen (secondary N) is 1. The van der Waals surface area contributed by atoms with Crippen LogP contribution in [0.1, 0.15) is 27.9 Å². The maximum absolute atomic E-state index is 11.9. The van der Waals surface area contributed by atoms with E-state index in [-0.39, 0.29) is 13.0 Å². The van der Waals surface area contributed by atoms with E-state index in [1.165, 1.54) is 0 Å². The van der Waals surface area contributed by atoms with Crippen LogP contribution in [0.5, 0.6) is 0 Å². The quantitative estimate of drug-likeness (QED) is 0.724. The number of amides is 1. The van der Waals surface area contributed by atoms with Crippen LogP contribution in [0.3, 0.4) is 0 Å². The van der Waals surface area contributed by atoms with Gasteiger partial charge < -0.3 is 15.5 Å². The van der Waals surface area contributed by atoms with Crippen molar-refractivity contribution in [3.05, 3.63) is 34.9 Å². The van der Waals surface area contributed by atoms with Crippen molar-refractivity contribution in [2.75, 3.05) is 6.61 Å². The Morgan fingerprint density at radius 1 is 1.22 bits per heavy atom. The summed E-state index contributed by atoms with van der Waals surface area (Å²) in [7, 11) is 0. The molecule has 1 aromatic rings. The Kier molecular flexibility index (Phi) is 4.85. The van der Waals surface area contributed by atoms with Crippen molar-refractivity contribution in [3.63, 3.8) is 0 Å². The second-order valence-corrected chi connectivity index (χ2v) is 4.25. The molecule has 3 N–H and O–H groups in total. The van der Waals surface area contributed by atoms with E-state index in [1.807, 2.05) is 19.9 Å². The number of hydrogen-bond acceptors (Lipinski definition) is 3. The molecule has 0 saturated carbocycles. The van der Waals surface area contributed by atoms with Gasteiger partial charge in [-0.05, 0) is 26.0 Å². The lowest BCUT2D eigenvalue weighted by Gasteiger charge is -2.13. The van der Waals surface area contributed by atoms with E-state index >= 15 is 0 Å². The van der Waals surface area contributed by atoms with Gasteiger partial charge in [0.1, 0.15) is 6.04 Å². The number of aliphatic hydroxyl groups is 1. The summed E-state index contributed by atoms with van der Waals surface area (Å²) in [6.07, 6.45) is -0.00806. The molecule has 1 aromatic carbocycles. The average Bonchev–Trinajstić information content (AvgIpc) is 2.26. The fourth-order valence-corrected chi connectivity index (χ4v) is 1.73. The normalized spacial score (nSPS) is 11.9. The topological polar surface area (TPSA) is 86.6 Å². The highest BCUT2D eigenvalue weighted by molar-refractivity contribution is 5.96. The third kappa shape index (κ3) is 3.85. The lowest BCUT2D eigenvalue weighted by Crippen LogP contribution is -2.41. The Labute approximate surface area is 105 Å². The van der Waals surface area contributed by atoms with Crippen LogP contribution >= 0.6 is 0 Å². The predicted molar refractivity (Wildman–Crippen MR) is 66.5 cm³/mol. The fraction of sp³-hybridized carbons (Fsp3) is 0.385. The molecule has 5 nitrogen and oxygen atoms in total. The number of carbonyl (C=O) groups is 2. The number of hydrogen-bond donors (Lipinski definition) is 3. The molecule has 5 heteroatoms. The number of carboxylic acids is 1. The number of carboxylic acid groups (broad SMARTS) is 1. The average molecular weight is 251 g/mol. The van der Waals surface area contributed by atoms with Crippen molar-refractivity contribution in [1.82, 2.24) is 5.32 Å². The highest BCUT2D eigenvalue weighted by Gasteiger charge is 2.20. The summed E-state index contributed by atoms with van der Waals surface area (Å²) >= 11 is 0. The second kappa shape index (κ2) is 6.16. The highest BCUT2D eigenvalue weighted by Crippen LogP contribution is 2.09. The molecule has 0 saturated heterocycles. The molecule has 18 heavy (non-hydrogen) atoms. The van der Waals surface area contributed by atoms with Crippen molar-refractivity contribution < 1.29 is 19.8 Å². The molecule has 0 radical (unpaired) electrons. The Bertz CT molecular complexity index is 436. The highest BCUT2D eigenvalue weighted by atomic mass is 16.4. The van der Waals surface area contributed by atoms with Gasteiger partial charge in [-0.15, -0.1) is 0 Å². The Morgan fingerprint density at radius 2 is 1.78 bits per heavy atom. The molecule has 1 amide bonds. The van der Waals surface area contributed by atoms with Crippen molar-refractivity contribution in [2.45, 2.75) is 26.3 Å². The van der Waals surface area contributed by atoms with E-state index < -0.39 is 17.9 Å². The predicted octanol–water partition coefficient (Wildman–Crippen LogP) is 0.869. The molecule has 98 valence electrons. The lowest BCUT2D eigenvalue weighted by molar-refractivity contribution is -0.139. The molecule has 0 aromatic heterocycles. The Balaban J connectivity index is 2.83. The van der Waals surface area contributed by atoms with Crippen LogP contribution in [0.4, 0.5) is 0 Å². The van der Waals surface area contributed by atoms with E-state index in [0.717, 1.165) is 11.1 Å². The number of aryl methyl sites for hydroxylation is 2. The summed E-state index contributed by atoms with van der Waals surface area (Å²) in [4.78, 5) is 22.7. The molecule has 0 spiro atoms. The van der Waals surface area contributed by atoms with E-state index in [2.05, 4.69) is 5.32 Å². The molecule has 0 aliphatic heterocycles. The minimum absolute atomic E-state index is 0.00806. The number of benzene rings is 1. The van der Waals surface area contributed by atoms with E-state index in [4.69, 9.17) is 10.2 Å². The largest absolute Gasteiger partial charge is 0.480 e. The number of aliphatic carboxylic acids is 1. The monoisotopic (exact) mass is 251 g/mol. The van der Waals surface area contributed by atoms with E-state index in [1.54, 1.807) is 12.1 Å². The van der Waals surface area contributed by atoms with Gasteiger partial charge >= 0.3 is 5.97 Å². The van der Waals surface area contributed by atoms with Crippen molar-refractivity contribution in [2.24, 2.45) is 0 Å². The minimum atomic E-state index is -1.15. The molecule has 0 aliphatic rings. The number of aliphatic hydroxyl groups excluding tert-OH is 1. The van der Waals surface area contributed by atoms with Crippen LogP contribution in [-0.4, -0.2) is 34.7 Å². The first-order valence-electron chi connectivity index (χ1n) is 5.67. The molecule has 0 heterocycles. The van der Waals surface area contributed by atoms with Crippen molar-refractivity contribution >= 4 is 11.9 Å². The van der Waals surface area contributed by atoms with Gasteiger partial charge in [-0.2, -0.15) is 0 Å². The van der Waals surface area contributed by atoms with Gasteiger partial charge in [-0.1, -0.05) is 17.2 Å². The van der Waals surface area contributed by atoms with Gasteiger partial charge in [0.05, 0.1) is 0 Å². The first-order valence-corrected chi connectivity index (χ1v) is 5.67. The summed E-state index contributed by atoms with van der Waals surface area (Å²) < 4.78 is 0. The number of carbonyl (C=O) groups excluding carboxylic acids is 1. The van der Waals surface area contributed by atoms with Crippen LogP contribution in [0, 0.1) is 13.8 Å². The van der Waals surface area contributed by atoms with Gasteiger partial charge in [-0.25, -0.2) is 4.79 Å². The summed E-state index contributed by atoms with van der Waals surface area (Å²) in [6.45, 7) is 3.45. The third-order valence-electron chi connectivity index (χ3n) is 2.51. The summed E-state index contributed by atoms with van der Waals surface area (Å²) in [5.41, 5.74) is 2.31. The molecule has 0 fully saturated rings. The zero-order chi connectivity index (χ0) is 13.7. The van der Waals surface area contributed by atoms with Crippen molar-refractivity contribution in [3.8, 4) is 0 Å². The Hall–Kier alpha value is -1.88. The first kappa shape index (κ1) is 14.2. The van der Waals surface area contributed by atoms with Gasteiger partial charge in [0.2, 0.25) is 0 Å². The molecule has 0 bridgehead atoms. The molecule has 1 rings (SSSR count). The third-order valence-corrected chi connectivity index (χ3v) is 2.51. The van der Waals surface area contributed by atoms with Crippen LogP contribution in [-0.2, 0) is 4.79 Å². The zero-order valence-electron chi connectivity index (χ0n) is 10.4. The summed E-state index contributed by atoms with van der Waals surface area (Å²) in [5.74, 6) is -1.59.